The number of fused-ring (bicyclic) bond motifs is 1. The van der Waals surface area contributed by atoms with Crippen molar-refractivity contribution >= 4 is 23.6 Å². The lowest BCUT2D eigenvalue weighted by atomic mass is 10.2. The van der Waals surface area contributed by atoms with Crippen molar-refractivity contribution in [2.75, 3.05) is 29.9 Å². The van der Waals surface area contributed by atoms with Crippen LogP contribution in [0.1, 0.15) is 12.8 Å². The number of rotatable bonds is 5. The molecule has 1 atom stereocenters. The third-order valence-corrected chi connectivity index (χ3v) is 3.48. The molecule has 0 radical (unpaired) electrons. The molecule has 3 rings (SSSR count). The number of carbonyl (C=O) groups excluding carboxylic acids is 2. The number of amides is 1. The van der Waals surface area contributed by atoms with Crippen molar-refractivity contribution in [1.82, 2.24) is 4.98 Å². The van der Waals surface area contributed by atoms with E-state index in [9.17, 15) is 9.59 Å². The van der Waals surface area contributed by atoms with Gasteiger partial charge >= 0.3 is 12.1 Å². The largest absolute Gasteiger partial charge is 0.444 e. The highest BCUT2D eigenvalue weighted by molar-refractivity contribution is 5.89. The summed E-state index contributed by atoms with van der Waals surface area (Å²) < 4.78 is 10.3. The molecule has 23 heavy (non-hydrogen) atoms. The lowest BCUT2D eigenvalue weighted by molar-refractivity contribution is -0.133. The van der Waals surface area contributed by atoms with E-state index in [2.05, 4.69) is 20.3 Å². The van der Waals surface area contributed by atoms with E-state index in [0.29, 0.717) is 37.4 Å². The maximum Gasteiger partial charge on any atom is 0.415 e. The number of esters is 1. The second-order valence-electron chi connectivity index (χ2n) is 5.06. The Labute approximate surface area is 131 Å². The van der Waals surface area contributed by atoms with Gasteiger partial charge in [0.25, 0.3) is 0 Å². The topological polar surface area (TPSA) is 130 Å². The maximum absolute atomic E-state index is 12.0. The van der Waals surface area contributed by atoms with Gasteiger partial charge in [-0.15, -0.1) is 0 Å². The van der Waals surface area contributed by atoms with Crippen LogP contribution in [0.15, 0.2) is 17.2 Å². The third-order valence-electron chi connectivity index (χ3n) is 3.48. The van der Waals surface area contributed by atoms with Gasteiger partial charge in [0.15, 0.2) is 0 Å². The van der Waals surface area contributed by atoms with E-state index in [1.165, 1.54) is 4.90 Å². The Kier molecular flexibility index (Phi) is 4.15. The lowest BCUT2D eigenvalue weighted by Gasteiger charge is -2.19. The monoisotopic (exact) mass is 318 g/mol. The molecule has 120 valence electrons. The van der Waals surface area contributed by atoms with Gasteiger partial charge < -0.3 is 14.8 Å². The van der Waals surface area contributed by atoms with Crippen LogP contribution in [0, 0.1) is 0 Å². The number of azide groups is 1. The van der Waals surface area contributed by atoms with Crippen LogP contribution in [0.3, 0.4) is 0 Å². The number of aromatic nitrogens is 1. The Hall–Kier alpha value is -3.00. The van der Waals surface area contributed by atoms with Crippen LogP contribution in [-0.2, 0) is 9.53 Å². The van der Waals surface area contributed by atoms with Gasteiger partial charge in [-0.25, -0.2) is 9.59 Å². The molecule has 1 amide bonds. The summed E-state index contributed by atoms with van der Waals surface area (Å²) in [6, 6.07) is 3.36. The van der Waals surface area contributed by atoms with Crippen LogP contribution < -0.4 is 15.0 Å². The third kappa shape index (κ3) is 3.27. The summed E-state index contributed by atoms with van der Waals surface area (Å²) in [7, 11) is 0. The second-order valence-corrected chi connectivity index (χ2v) is 5.06. The van der Waals surface area contributed by atoms with E-state index in [4.69, 9.17) is 15.0 Å². The minimum Gasteiger partial charge on any atom is -0.444 e. The molecule has 1 aromatic rings. The van der Waals surface area contributed by atoms with Crippen molar-refractivity contribution in [3.05, 3.63) is 22.6 Å². The first-order valence-corrected chi connectivity index (χ1v) is 7.12. The molecule has 1 fully saturated rings. The second kappa shape index (κ2) is 6.41. The van der Waals surface area contributed by atoms with Gasteiger partial charge in [0, 0.05) is 11.5 Å². The molecule has 2 aliphatic heterocycles. The maximum atomic E-state index is 12.0. The molecule has 1 saturated heterocycles. The summed E-state index contributed by atoms with van der Waals surface area (Å²) in [5.41, 5.74) is 8.83. The molecule has 1 aromatic heterocycles. The molecule has 1 N–H and O–H groups in total. The number of hydrogen-bond acceptors (Lipinski definition) is 7. The minimum atomic E-state index is -0.499. The first-order chi connectivity index (χ1) is 11.2. The van der Waals surface area contributed by atoms with Crippen molar-refractivity contribution in [3.63, 3.8) is 0 Å². The summed E-state index contributed by atoms with van der Waals surface area (Å²) in [5, 5.41) is 6.32. The fraction of sp³-hybridized carbons (Fsp3) is 0.462. The zero-order valence-electron chi connectivity index (χ0n) is 12.1. The zero-order valence-corrected chi connectivity index (χ0v) is 12.1. The smallest absolute Gasteiger partial charge is 0.415 e. The molecular formula is C13H14N6O4. The Morgan fingerprint density at radius 1 is 1.48 bits per heavy atom. The van der Waals surface area contributed by atoms with Gasteiger partial charge in [-0.1, -0.05) is 5.11 Å². The Morgan fingerprint density at radius 3 is 3.17 bits per heavy atom. The predicted molar refractivity (Wildman–Crippen MR) is 79.2 cm³/mol. The molecular weight excluding hydrogens is 304 g/mol. The van der Waals surface area contributed by atoms with Crippen molar-refractivity contribution < 1.29 is 19.1 Å². The molecule has 0 saturated carbocycles. The van der Waals surface area contributed by atoms with Gasteiger partial charge in [-0.2, -0.15) is 4.98 Å². The summed E-state index contributed by atoms with van der Waals surface area (Å²) in [5.74, 6) is 0.0863. The molecule has 0 bridgehead atoms. The number of carbonyl (C=O) groups is 2. The van der Waals surface area contributed by atoms with E-state index in [0.717, 1.165) is 0 Å². The average Bonchev–Trinajstić information content (AvgIpc) is 2.91. The van der Waals surface area contributed by atoms with Gasteiger partial charge in [0.1, 0.15) is 18.5 Å². The van der Waals surface area contributed by atoms with E-state index in [1.807, 2.05) is 0 Å². The quantitative estimate of drug-likeness (QED) is 0.290. The van der Waals surface area contributed by atoms with Gasteiger partial charge in [-0.3, -0.25) is 4.90 Å². The number of hydrogen-bond donors (Lipinski definition) is 1. The summed E-state index contributed by atoms with van der Waals surface area (Å²) in [6.07, 6.45) is 0.453. The Bertz CT molecular complexity index is 687. The average molecular weight is 318 g/mol. The fourth-order valence-electron chi connectivity index (χ4n) is 2.40. The summed E-state index contributed by atoms with van der Waals surface area (Å²) in [4.78, 5) is 31.5. The Morgan fingerprint density at radius 2 is 2.35 bits per heavy atom. The molecule has 0 spiro atoms. The highest BCUT2D eigenvalue weighted by Gasteiger charge is 2.33. The van der Waals surface area contributed by atoms with Crippen LogP contribution in [0.2, 0.25) is 0 Å². The number of pyridine rings is 1. The van der Waals surface area contributed by atoms with E-state index < -0.39 is 12.1 Å². The van der Waals surface area contributed by atoms with Crippen molar-refractivity contribution in [1.29, 1.82) is 0 Å². The highest BCUT2D eigenvalue weighted by Crippen LogP contribution is 2.30. The first kappa shape index (κ1) is 14.9. The molecule has 10 heteroatoms. The number of nitrogens with one attached hydrogen (secondary N) is 1. The molecule has 1 unspecified atom stereocenters. The fourth-order valence-corrected chi connectivity index (χ4v) is 2.40. The van der Waals surface area contributed by atoms with Gasteiger partial charge in [0.2, 0.25) is 5.88 Å². The van der Waals surface area contributed by atoms with Crippen LogP contribution in [0.5, 0.6) is 5.88 Å². The van der Waals surface area contributed by atoms with Crippen molar-refractivity contribution in [2.45, 2.75) is 18.9 Å². The first-order valence-electron chi connectivity index (χ1n) is 7.12. The van der Waals surface area contributed by atoms with Crippen LogP contribution in [0.25, 0.3) is 10.4 Å². The Balaban J connectivity index is 1.67. The van der Waals surface area contributed by atoms with Crippen LogP contribution in [0.4, 0.5) is 16.3 Å². The van der Waals surface area contributed by atoms with E-state index in [-0.39, 0.29) is 18.5 Å². The standard InChI is InChI=1S/C13H14N6O4/c14-18-16-5-1-2-8-7-19(13(21)22-8)10-4-3-9-12(17-10)23-11(20)6-15-9/h3-4,8,15H,1-2,5-7H2. The number of anilines is 2. The van der Waals surface area contributed by atoms with E-state index >= 15 is 0 Å². The van der Waals surface area contributed by atoms with Gasteiger partial charge in [0.05, 0.1) is 12.2 Å². The number of nitrogens with zero attached hydrogens (tertiary/aromatic N) is 5. The number of cyclic esters (lactones) is 1. The number of ether oxygens (including phenoxy) is 2. The normalized spacial score (nSPS) is 19.3. The summed E-state index contributed by atoms with van der Waals surface area (Å²) in [6.45, 7) is 0.804. The predicted octanol–water partition coefficient (Wildman–Crippen LogP) is 1.83. The molecule has 0 aliphatic carbocycles. The summed E-state index contributed by atoms with van der Waals surface area (Å²) >= 11 is 0. The van der Waals surface area contributed by atoms with E-state index in [1.54, 1.807) is 12.1 Å². The SMILES string of the molecule is [N-]=[N+]=NCCCC1CN(c2ccc3c(n2)OC(=O)CN3)C(=O)O1. The highest BCUT2D eigenvalue weighted by atomic mass is 16.6. The molecule has 0 aromatic carbocycles. The van der Waals surface area contributed by atoms with Crippen LogP contribution >= 0.6 is 0 Å². The molecule has 2 aliphatic rings. The van der Waals surface area contributed by atoms with Crippen molar-refractivity contribution in [2.24, 2.45) is 5.11 Å². The van der Waals surface area contributed by atoms with Crippen molar-refractivity contribution in [3.8, 4) is 5.88 Å². The lowest BCUT2D eigenvalue weighted by Crippen LogP contribution is -2.28. The molecule has 3 heterocycles. The molecule has 10 nitrogen and oxygen atoms in total. The van der Waals surface area contributed by atoms with Gasteiger partial charge in [-0.05, 0) is 30.5 Å². The minimum absolute atomic E-state index is 0.0903. The zero-order chi connectivity index (χ0) is 16.2. The van der Waals surface area contributed by atoms with Crippen LogP contribution in [-0.4, -0.2) is 42.8 Å².